The highest BCUT2D eigenvalue weighted by atomic mass is 79.9. The molecule has 0 saturated carbocycles. The number of fused-ring (bicyclic) bond motifs is 1. The van der Waals surface area contributed by atoms with Crippen LogP contribution >= 0.6 is 27.7 Å². The van der Waals surface area contributed by atoms with Crippen molar-refractivity contribution in [1.82, 2.24) is 14.6 Å². The molecule has 1 amide bonds. The molecule has 1 atom stereocenters. The Bertz CT molecular complexity index is 803. The Balaban J connectivity index is 1.69. The Kier molecular flexibility index (Phi) is 4.44. The largest absolute Gasteiger partial charge is 0.325 e. The smallest absolute Gasteiger partial charge is 0.237 e. The van der Waals surface area contributed by atoms with Crippen LogP contribution in [0.3, 0.4) is 0 Å². The zero-order valence-corrected chi connectivity index (χ0v) is 14.1. The second-order valence-corrected chi connectivity index (χ2v) is 6.89. The number of anilines is 1. The molecule has 5 nitrogen and oxygen atoms in total. The van der Waals surface area contributed by atoms with Gasteiger partial charge in [-0.05, 0) is 43.3 Å². The molecule has 0 radical (unpaired) electrons. The number of hydrogen-bond donors (Lipinski definition) is 1. The van der Waals surface area contributed by atoms with Crippen molar-refractivity contribution in [3.63, 3.8) is 0 Å². The number of hydrogen-bond acceptors (Lipinski definition) is 4. The SMILES string of the molecule is CC(Sc1nnc2ccccn12)C(=O)Nc1ccc(Br)cc1. The average Bonchev–Trinajstić information content (AvgIpc) is 2.93. The van der Waals surface area contributed by atoms with E-state index in [0.717, 1.165) is 15.8 Å². The lowest BCUT2D eigenvalue weighted by Gasteiger charge is -2.11. The Hall–Kier alpha value is -1.86. The molecule has 3 aromatic rings. The van der Waals surface area contributed by atoms with Crippen LogP contribution in [0, 0.1) is 0 Å². The van der Waals surface area contributed by atoms with Gasteiger partial charge in [0.2, 0.25) is 5.91 Å². The van der Waals surface area contributed by atoms with Crippen LogP contribution in [-0.2, 0) is 4.79 Å². The summed E-state index contributed by atoms with van der Waals surface area (Å²) in [5.74, 6) is -0.0694. The third-order valence-corrected chi connectivity index (χ3v) is 4.63. The molecule has 112 valence electrons. The Labute approximate surface area is 140 Å². The molecule has 2 heterocycles. The maximum absolute atomic E-state index is 12.3. The molecule has 0 fully saturated rings. The van der Waals surface area contributed by atoms with Gasteiger partial charge in [0.25, 0.3) is 0 Å². The molecule has 0 aliphatic carbocycles. The predicted molar refractivity (Wildman–Crippen MR) is 91.1 cm³/mol. The van der Waals surface area contributed by atoms with E-state index in [4.69, 9.17) is 0 Å². The van der Waals surface area contributed by atoms with Crippen LogP contribution in [0.4, 0.5) is 5.69 Å². The Morgan fingerprint density at radius 3 is 2.77 bits per heavy atom. The minimum Gasteiger partial charge on any atom is -0.325 e. The van der Waals surface area contributed by atoms with E-state index in [1.54, 1.807) is 0 Å². The first-order valence-electron chi connectivity index (χ1n) is 6.66. The summed E-state index contributed by atoms with van der Waals surface area (Å²) in [6.45, 7) is 1.85. The van der Waals surface area contributed by atoms with Gasteiger partial charge in [-0.25, -0.2) is 0 Å². The quantitative estimate of drug-likeness (QED) is 0.706. The predicted octanol–water partition coefficient (Wildman–Crippen LogP) is 3.61. The van der Waals surface area contributed by atoms with Crippen molar-refractivity contribution in [3.05, 3.63) is 53.1 Å². The molecule has 0 aliphatic rings. The van der Waals surface area contributed by atoms with E-state index in [1.807, 2.05) is 60.0 Å². The fourth-order valence-electron chi connectivity index (χ4n) is 1.89. The van der Waals surface area contributed by atoms with Crippen LogP contribution in [0.1, 0.15) is 6.92 Å². The standard InChI is InChI=1S/C15H13BrN4OS/c1-10(14(21)17-12-7-5-11(16)6-8-12)22-15-19-18-13-4-2-3-9-20(13)15/h2-10H,1H3,(H,17,21). The number of aromatic nitrogens is 3. The average molecular weight is 377 g/mol. The second kappa shape index (κ2) is 6.50. The molecular weight excluding hydrogens is 364 g/mol. The third kappa shape index (κ3) is 3.31. The minimum atomic E-state index is -0.281. The van der Waals surface area contributed by atoms with Gasteiger partial charge in [0.15, 0.2) is 10.8 Å². The molecular formula is C15H13BrN4OS. The molecule has 3 rings (SSSR count). The van der Waals surface area contributed by atoms with Crippen LogP contribution in [0.25, 0.3) is 5.65 Å². The van der Waals surface area contributed by atoms with Crippen molar-refractivity contribution in [2.75, 3.05) is 5.32 Å². The minimum absolute atomic E-state index is 0.0694. The molecule has 0 bridgehead atoms. The molecule has 0 spiro atoms. The monoisotopic (exact) mass is 376 g/mol. The number of pyridine rings is 1. The number of nitrogens with zero attached hydrogens (tertiary/aromatic N) is 3. The van der Waals surface area contributed by atoms with Crippen molar-refractivity contribution >= 4 is 44.9 Å². The van der Waals surface area contributed by atoms with Gasteiger partial charge >= 0.3 is 0 Å². The van der Waals surface area contributed by atoms with Gasteiger partial charge in [-0.1, -0.05) is 33.8 Å². The van der Waals surface area contributed by atoms with Crippen LogP contribution in [0.15, 0.2) is 58.3 Å². The molecule has 1 N–H and O–H groups in total. The van der Waals surface area contributed by atoms with Crippen LogP contribution < -0.4 is 5.32 Å². The van der Waals surface area contributed by atoms with Crippen LogP contribution in [0.2, 0.25) is 0 Å². The molecule has 0 saturated heterocycles. The van der Waals surface area contributed by atoms with E-state index in [-0.39, 0.29) is 11.2 Å². The fourth-order valence-corrected chi connectivity index (χ4v) is 2.99. The van der Waals surface area contributed by atoms with Gasteiger partial charge in [-0.2, -0.15) is 0 Å². The van der Waals surface area contributed by atoms with Crippen molar-refractivity contribution in [3.8, 4) is 0 Å². The van der Waals surface area contributed by atoms with Crippen LogP contribution in [-0.4, -0.2) is 25.8 Å². The first kappa shape index (κ1) is 15.1. The second-order valence-electron chi connectivity index (χ2n) is 4.67. The number of carbonyl (C=O) groups is 1. The zero-order valence-electron chi connectivity index (χ0n) is 11.7. The van der Waals surface area contributed by atoms with E-state index in [9.17, 15) is 4.79 Å². The molecule has 7 heteroatoms. The van der Waals surface area contributed by atoms with Gasteiger partial charge in [-0.3, -0.25) is 9.20 Å². The molecule has 1 unspecified atom stereocenters. The molecule has 0 aliphatic heterocycles. The van der Waals surface area contributed by atoms with Crippen molar-refractivity contribution in [2.45, 2.75) is 17.3 Å². The summed E-state index contributed by atoms with van der Waals surface area (Å²) in [5.41, 5.74) is 1.54. The van der Waals surface area contributed by atoms with E-state index >= 15 is 0 Å². The van der Waals surface area contributed by atoms with Gasteiger partial charge in [0.05, 0.1) is 5.25 Å². The lowest BCUT2D eigenvalue weighted by molar-refractivity contribution is -0.115. The molecule has 1 aromatic carbocycles. The molecule has 2 aromatic heterocycles. The number of benzene rings is 1. The number of amides is 1. The van der Waals surface area contributed by atoms with Crippen molar-refractivity contribution in [1.29, 1.82) is 0 Å². The highest BCUT2D eigenvalue weighted by molar-refractivity contribution is 9.10. The highest BCUT2D eigenvalue weighted by Crippen LogP contribution is 2.23. The van der Waals surface area contributed by atoms with E-state index in [0.29, 0.717) is 5.16 Å². The number of halogens is 1. The first-order chi connectivity index (χ1) is 10.6. The maximum atomic E-state index is 12.3. The van der Waals surface area contributed by atoms with E-state index in [1.165, 1.54) is 11.8 Å². The number of thioether (sulfide) groups is 1. The topological polar surface area (TPSA) is 59.3 Å². The van der Waals surface area contributed by atoms with Crippen molar-refractivity contribution < 1.29 is 4.79 Å². The normalized spacial score (nSPS) is 12.3. The number of nitrogens with one attached hydrogen (secondary N) is 1. The van der Waals surface area contributed by atoms with Gasteiger partial charge in [-0.15, -0.1) is 10.2 Å². The summed E-state index contributed by atoms with van der Waals surface area (Å²) >= 11 is 4.75. The molecule has 22 heavy (non-hydrogen) atoms. The summed E-state index contributed by atoms with van der Waals surface area (Å²) < 4.78 is 2.84. The third-order valence-electron chi connectivity index (χ3n) is 3.05. The summed E-state index contributed by atoms with van der Waals surface area (Å²) in [6, 6.07) is 13.2. The Morgan fingerprint density at radius 2 is 2.00 bits per heavy atom. The van der Waals surface area contributed by atoms with E-state index < -0.39 is 0 Å². The summed E-state index contributed by atoms with van der Waals surface area (Å²) in [5, 5.41) is 11.5. The van der Waals surface area contributed by atoms with Crippen molar-refractivity contribution in [2.24, 2.45) is 0 Å². The fraction of sp³-hybridized carbons (Fsp3) is 0.133. The first-order valence-corrected chi connectivity index (χ1v) is 8.33. The summed E-state index contributed by atoms with van der Waals surface area (Å²) in [6.07, 6.45) is 1.89. The number of rotatable bonds is 4. The summed E-state index contributed by atoms with van der Waals surface area (Å²) in [4.78, 5) is 12.3. The van der Waals surface area contributed by atoms with Gasteiger partial charge in [0.1, 0.15) is 0 Å². The zero-order chi connectivity index (χ0) is 15.5. The maximum Gasteiger partial charge on any atom is 0.237 e. The van der Waals surface area contributed by atoms with Crippen LogP contribution in [0.5, 0.6) is 0 Å². The number of carbonyl (C=O) groups excluding carboxylic acids is 1. The summed E-state index contributed by atoms with van der Waals surface area (Å²) in [7, 11) is 0. The van der Waals surface area contributed by atoms with Gasteiger partial charge < -0.3 is 5.32 Å². The lowest BCUT2D eigenvalue weighted by atomic mass is 10.3. The highest BCUT2D eigenvalue weighted by Gasteiger charge is 2.17. The van der Waals surface area contributed by atoms with E-state index in [2.05, 4.69) is 31.4 Å². The lowest BCUT2D eigenvalue weighted by Crippen LogP contribution is -2.22. The van der Waals surface area contributed by atoms with Gasteiger partial charge in [0, 0.05) is 16.4 Å². The Morgan fingerprint density at radius 1 is 1.23 bits per heavy atom.